The third-order valence-corrected chi connectivity index (χ3v) is 12.8. The van der Waals surface area contributed by atoms with Gasteiger partial charge in [0.2, 0.25) is 0 Å². The van der Waals surface area contributed by atoms with Crippen LogP contribution in [0.4, 0.5) is 0 Å². The maximum Gasteiger partial charge on any atom is 0.335 e. The van der Waals surface area contributed by atoms with Crippen molar-refractivity contribution in [3.8, 4) is 0 Å². The van der Waals surface area contributed by atoms with E-state index in [4.69, 9.17) is 23.7 Å². The van der Waals surface area contributed by atoms with Gasteiger partial charge in [0.15, 0.2) is 24.6 Å². The Labute approximate surface area is 465 Å². The van der Waals surface area contributed by atoms with E-state index in [2.05, 4.69) is 130 Å². The summed E-state index contributed by atoms with van der Waals surface area (Å²) in [6.45, 7) is 5.68. The lowest BCUT2D eigenvalue weighted by molar-refractivity contribution is -0.301. The van der Waals surface area contributed by atoms with Gasteiger partial charge in [0, 0.05) is 19.3 Å². The second kappa shape index (κ2) is 52.1. The number of allylic oxidation sites excluding steroid dienone is 18. The Balaban J connectivity index is 2.71. The van der Waals surface area contributed by atoms with E-state index in [1.54, 1.807) is 0 Å². The fraction of sp³-hybridized carbons (Fsp3) is 0.662. The smallest absolute Gasteiger partial charge is 0.335 e. The molecule has 6 atom stereocenters. The highest BCUT2D eigenvalue weighted by atomic mass is 16.7. The third-order valence-electron chi connectivity index (χ3n) is 12.8. The lowest BCUT2D eigenvalue weighted by atomic mass is 9.98. The van der Waals surface area contributed by atoms with E-state index in [0.717, 1.165) is 148 Å². The van der Waals surface area contributed by atoms with E-state index in [-0.39, 0.29) is 25.9 Å². The van der Waals surface area contributed by atoms with Gasteiger partial charge in [-0.3, -0.25) is 14.4 Å². The van der Waals surface area contributed by atoms with Crippen molar-refractivity contribution in [2.45, 2.75) is 263 Å². The van der Waals surface area contributed by atoms with Crippen LogP contribution in [0.2, 0.25) is 0 Å². The molecular weight excluding hydrogens is 973 g/mol. The molecular formula is C65H104O12. The van der Waals surface area contributed by atoms with E-state index in [0.29, 0.717) is 19.3 Å². The quantitative estimate of drug-likeness (QED) is 0.0228. The summed E-state index contributed by atoms with van der Waals surface area (Å²) in [7, 11) is 0. The SMILES string of the molecule is CC/C=C\C/C=C\C/C=C\C/C=C\CCCCCCCCC(=O)OCC(COC1OC(C(=O)O)C(O)C(O)C1OC(=O)CCCCCCC/C=C\C/C=C\CCCCC)OC(=O)CCCCC/C=C\C/C=C\C/C=C\CC. The van der Waals surface area contributed by atoms with Crippen LogP contribution >= 0.6 is 0 Å². The van der Waals surface area contributed by atoms with Gasteiger partial charge in [-0.1, -0.05) is 194 Å². The van der Waals surface area contributed by atoms with Gasteiger partial charge in [-0.2, -0.15) is 0 Å². The first-order valence-electron chi connectivity index (χ1n) is 29.9. The predicted octanol–water partition coefficient (Wildman–Crippen LogP) is 15.4. The van der Waals surface area contributed by atoms with Crippen molar-refractivity contribution >= 4 is 23.9 Å². The Hall–Kier alpha value is -4.62. The monoisotopic (exact) mass is 1080 g/mol. The molecule has 0 aromatic carbocycles. The summed E-state index contributed by atoms with van der Waals surface area (Å²) in [6, 6.07) is 0. The van der Waals surface area contributed by atoms with Crippen molar-refractivity contribution < 1.29 is 58.2 Å². The molecule has 1 saturated heterocycles. The standard InChI is InChI=1S/C65H104O12/c1-4-7-10-13-16-19-22-25-27-28-29-30-32-34-36-39-42-45-48-51-57(66)73-54-56(75-58(67)52-49-46-43-40-37-33-24-21-18-15-12-9-6-3)55-74-65-63(61(70)60(69)62(77-65)64(71)72)76-59(68)53-50-47-44-41-38-35-31-26-23-20-17-14-11-8-5-2/h7,9-10,12,16-21,25-27,29-31,33,37,56,60-63,65,69-70H,4-6,8,11,13-15,22-24,28,32,34-36,38-55H2,1-3H3,(H,71,72)/b10-7-,12-9-,19-16-,20-17-,21-18-,27-25-,30-29-,31-26-,37-33-. The molecule has 1 aliphatic rings. The number of carbonyl (C=O) groups is 4. The van der Waals surface area contributed by atoms with Gasteiger partial charge in [-0.05, 0) is 122 Å². The largest absolute Gasteiger partial charge is 0.479 e. The minimum absolute atomic E-state index is 0.0343. The fourth-order valence-electron chi connectivity index (χ4n) is 8.28. The molecule has 1 heterocycles. The van der Waals surface area contributed by atoms with Crippen LogP contribution in [0.5, 0.6) is 0 Å². The molecule has 0 aliphatic carbocycles. The number of aliphatic hydroxyl groups excluding tert-OH is 2. The minimum Gasteiger partial charge on any atom is -0.479 e. The first-order valence-corrected chi connectivity index (χ1v) is 29.9. The number of ether oxygens (including phenoxy) is 5. The van der Waals surface area contributed by atoms with E-state index in [9.17, 15) is 34.5 Å². The summed E-state index contributed by atoms with van der Waals surface area (Å²) in [5.41, 5.74) is 0. The average molecular weight is 1080 g/mol. The van der Waals surface area contributed by atoms with Crippen LogP contribution in [0.3, 0.4) is 0 Å². The van der Waals surface area contributed by atoms with Crippen molar-refractivity contribution in [1.29, 1.82) is 0 Å². The van der Waals surface area contributed by atoms with Crippen LogP contribution in [-0.4, -0.2) is 89.2 Å². The predicted molar refractivity (Wildman–Crippen MR) is 312 cm³/mol. The zero-order valence-corrected chi connectivity index (χ0v) is 47.9. The summed E-state index contributed by atoms with van der Waals surface area (Å²) in [5.74, 6) is -3.21. The Bertz CT molecular complexity index is 1750. The van der Waals surface area contributed by atoms with Gasteiger partial charge in [0.1, 0.15) is 18.8 Å². The lowest BCUT2D eigenvalue weighted by Gasteiger charge is -2.40. The maximum absolute atomic E-state index is 13.1. The molecule has 0 radical (unpaired) electrons. The third kappa shape index (κ3) is 42.1. The molecule has 77 heavy (non-hydrogen) atoms. The van der Waals surface area contributed by atoms with Gasteiger partial charge in [-0.25, -0.2) is 4.79 Å². The van der Waals surface area contributed by atoms with Crippen molar-refractivity contribution in [2.75, 3.05) is 13.2 Å². The molecule has 12 nitrogen and oxygen atoms in total. The Morgan fingerprint density at radius 3 is 1.26 bits per heavy atom. The van der Waals surface area contributed by atoms with Crippen LogP contribution < -0.4 is 0 Å². The number of rotatable bonds is 49. The molecule has 0 saturated carbocycles. The number of carboxylic acids is 1. The second-order valence-electron chi connectivity index (χ2n) is 19.9. The minimum atomic E-state index is -1.92. The van der Waals surface area contributed by atoms with Crippen molar-refractivity contribution in [3.63, 3.8) is 0 Å². The number of aliphatic carboxylic acids is 1. The molecule has 0 bridgehead atoms. The lowest BCUT2D eigenvalue weighted by Crippen LogP contribution is -2.61. The number of hydrogen-bond donors (Lipinski definition) is 3. The first kappa shape index (κ1) is 70.4. The molecule has 0 aromatic heterocycles. The van der Waals surface area contributed by atoms with E-state index >= 15 is 0 Å². The normalized spacial score (nSPS) is 18.8. The Morgan fingerprint density at radius 1 is 0.442 bits per heavy atom. The highest BCUT2D eigenvalue weighted by molar-refractivity contribution is 5.74. The Morgan fingerprint density at radius 2 is 0.818 bits per heavy atom. The van der Waals surface area contributed by atoms with Crippen molar-refractivity contribution in [3.05, 3.63) is 109 Å². The van der Waals surface area contributed by atoms with Crippen LogP contribution in [0.1, 0.15) is 226 Å². The number of esters is 3. The number of aliphatic hydroxyl groups is 2. The maximum atomic E-state index is 13.1. The van der Waals surface area contributed by atoms with Gasteiger partial charge in [0.05, 0.1) is 6.61 Å². The number of unbranched alkanes of at least 4 members (excludes halogenated alkanes) is 17. The topological polar surface area (TPSA) is 175 Å². The van der Waals surface area contributed by atoms with Gasteiger partial charge in [0.25, 0.3) is 0 Å². The van der Waals surface area contributed by atoms with Crippen LogP contribution in [0.25, 0.3) is 0 Å². The molecule has 12 heteroatoms. The number of carbonyl (C=O) groups excluding carboxylic acids is 3. The van der Waals surface area contributed by atoms with Gasteiger partial charge >= 0.3 is 23.9 Å². The molecule has 3 N–H and O–H groups in total. The van der Waals surface area contributed by atoms with E-state index in [1.807, 2.05) is 0 Å². The molecule has 436 valence electrons. The summed E-state index contributed by atoms with van der Waals surface area (Å²) in [4.78, 5) is 51.1. The molecule has 1 rings (SSSR count). The first-order chi connectivity index (χ1) is 37.6. The van der Waals surface area contributed by atoms with Crippen LogP contribution in [-0.2, 0) is 42.9 Å². The summed E-state index contributed by atoms with van der Waals surface area (Å²) < 4.78 is 28.4. The van der Waals surface area contributed by atoms with Gasteiger partial charge < -0.3 is 39.0 Å². The zero-order chi connectivity index (χ0) is 56.1. The van der Waals surface area contributed by atoms with Gasteiger partial charge in [-0.15, -0.1) is 0 Å². The molecule has 6 unspecified atom stereocenters. The van der Waals surface area contributed by atoms with Crippen molar-refractivity contribution in [2.24, 2.45) is 0 Å². The number of carboxylic acid groups (broad SMARTS) is 1. The van der Waals surface area contributed by atoms with Crippen molar-refractivity contribution in [1.82, 2.24) is 0 Å². The Kier molecular flexibility index (Phi) is 47.6. The van der Waals surface area contributed by atoms with Crippen LogP contribution in [0, 0.1) is 0 Å². The summed E-state index contributed by atoms with van der Waals surface area (Å²) >= 11 is 0. The summed E-state index contributed by atoms with van der Waals surface area (Å²) in [6.07, 6.45) is 57.7. The second-order valence-corrected chi connectivity index (χ2v) is 19.9. The van der Waals surface area contributed by atoms with E-state index < -0.39 is 67.3 Å². The van der Waals surface area contributed by atoms with E-state index in [1.165, 1.54) is 19.3 Å². The zero-order valence-electron chi connectivity index (χ0n) is 47.9. The van der Waals surface area contributed by atoms with Crippen LogP contribution in [0.15, 0.2) is 109 Å². The highest BCUT2D eigenvalue weighted by Crippen LogP contribution is 2.26. The molecule has 1 aliphatic heterocycles. The number of hydrogen-bond acceptors (Lipinski definition) is 11. The summed E-state index contributed by atoms with van der Waals surface area (Å²) in [5, 5.41) is 31.5. The molecule has 0 aromatic rings. The molecule has 0 spiro atoms. The fourth-order valence-corrected chi connectivity index (χ4v) is 8.28. The molecule has 0 amide bonds. The molecule has 1 fully saturated rings. The highest BCUT2D eigenvalue weighted by Gasteiger charge is 2.50. The average Bonchev–Trinajstić information content (AvgIpc) is 3.42.